The molecule has 1 rings (SSSR count). The lowest BCUT2D eigenvalue weighted by atomic mass is 9.91. The van der Waals surface area contributed by atoms with E-state index in [4.69, 9.17) is 5.73 Å². The summed E-state index contributed by atoms with van der Waals surface area (Å²) in [5.74, 6) is 0.284. The first-order valence-corrected chi connectivity index (χ1v) is 6.41. The first-order chi connectivity index (χ1) is 7.35. The van der Waals surface area contributed by atoms with Crippen LogP contribution < -0.4 is 11.1 Å². The lowest BCUT2D eigenvalue weighted by Crippen LogP contribution is -2.47. The molecule has 1 aliphatic rings. The maximum atomic E-state index is 11.9. The number of hydrogen-bond acceptors (Lipinski definition) is 2. The Labute approximate surface area is 99.2 Å². The van der Waals surface area contributed by atoms with Gasteiger partial charge in [0.15, 0.2) is 0 Å². The van der Waals surface area contributed by atoms with E-state index in [0.29, 0.717) is 11.5 Å². The van der Waals surface area contributed by atoms with Gasteiger partial charge in [-0.05, 0) is 30.6 Å². The number of carbonyl (C=O) groups is 1. The standard InChI is InChI=1S/C13H26N2O/c1-5-9(2)11(14)12(16)15-10-6-7-13(3,4)8-10/h9-11H,5-8,14H2,1-4H3,(H,15,16)/t9?,10?,11-/m0/s1. The molecule has 0 aromatic rings. The van der Waals surface area contributed by atoms with Crippen LogP contribution in [0.25, 0.3) is 0 Å². The van der Waals surface area contributed by atoms with Crippen molar-refractivity contribution in [1.82, 2.24) is 5.32 Å². The summed E-state index contributed by atoms with van der Waals surface area (Å²) in [5, 5.41) is 3.09. The number of hydrogen-bond donors (Lipinski definition) is 2. The summed E-state index contributed by atoms with van der Waals surface area (Å²) in [6.07, 6.45) is 4.30. The Kier molecular flexibility index (Phi) is 4.36. The predicted molar refractivity (Wildman–Crippen MR) is 67.0 cm³/mol. The van der Waals surface area contributed by atoms with Crippen molar-refractivity contribution in [2.75, 3.05) is 0 Å². The van der Waals surface area contributed by atoms with E-state index in [0.717, 1.165) is 19.3 Å². The molecular formula is C13H26N2O. The second-order valence-corrected chi connectivity index (χ2v) is 6.02. The Morgan fingerprint density at radius 2 is 2.19 bits per heavy atom. The van der Waals surface area contributed by atoms with Crippen LogP contribution in [-0.2, 0) is 4.79 Å². The monoisotopic (exact) mass is 226 g/mol. The normalized spacial score (nSPS) is 27.4. The van der Waals surface area contributed by atoms with Gasteiger partial charge in [-0.15, -0.1) is 0 Å². The van der Waals surface area contributed by atoms with E-state index in [-0.39, 0.29) is 17.9 Å². The summed E-state index contributed by atoms with van der Waals surface area (Å²) < 4.78 is 0. The predicted octanol–water partition coefficient (Wildman–Crippen LogP) is 2.05. The summed E-state index contributed by atoms with van der Waals surface area (Å²) in [7, 11) is 0. The minimum atomic E-state index is -0.353. The molecule has 94 valence electrons. The van der Waals surface area contributed by atoms with Crippen molar-refractivity contribution in [2.24, 2.45) is 17.1 Å². The minimum absolute atomic E-state index is 0.0250. The van der Waals surface area contributed by atoms with E-state index in [1.807, 2.05) is 6.92 Å². The van der Waals surface area contributed by atoms with E-state index >= 15 is 0 Å². The maximum Gasteiger partial charge on any atom is 0.237 e. The third kappa shape index (κ3) is 3.48. The molecule has 0 bridgehead atoms. The van der Waals surface area contributed by atoms with Crippen LogP contribution in [0.3, 0.4) is 0 Å². The SMILES string of the molecule is CCC(C)[C@H](N)C(=O)NC1CCC(C)(C)C1. The summed E-state index contributed by atoms with van der Waals surface area (Å²) in [5.41, 5.74) is 6.28. The average molecular weight is 226 g/mol. The van der Waals surface area contributed by atoms with Crippen LogP contribution in [-0.4, -0.2) is 18.0 Å². The Bertz CT molecular complexity index is 250. The molecule has 1 aliphatic carbocycles. The molecule has 0 radical (unpaired) electrons. The maximum absolute atomic E-state index is 11.9. The second kappa shape index (κ2) is 5.17. The summed E-state index contributed by atoms with van der Waals surface area (Å²) >= 11 is 0. The average Bonchev–Trinajstić information content (AvgIpc) is 2.55. The van der Waals surface area contributed by atoms with Gasteiger partial charge in [-0.2, -0.15) is 0 Å². The number of rotatable bonds is 4. The van der Waals surface area contributed by atoms with Crippen LogP contribution in [0.15, 0.2) is 0 Å². The highest BCUT2D eigenvalue weighted by Crippen LogP contribution is 2.36. The van der Waals surface area contributed by atoms with Crippen molar-refractivity contribution in [2.45, 2.75) is 65.5 Å². The van der Waals surface area contributed by atoms with E-state index in [1.54, 1.807) is 0 Å². The fourth-order valence-corrected chi connectivity index (χ4v) is 2.37. The Balaban J connectivity index is 2.41. The van der Waals surface area contributed by atoms with Crippen LogP contribution in [0.5, 0.6) is 0 Å². The van der Waals surface area contributed by atoms with Crippen molar-refractivity contribution in [1.29, 1.82) is 0 Å². The van der Waals surface area contributed by atoms with E-state index in [1.165, 1.54) is 6.42 Å². The third-order valence-electron chi connectivity index (χ3n) is 3.87. The smallest absolute Gasteiger partial charge is 0.237 e. The van der Waals surface area contributed by atoms with Crippen LogP contribution in [0.2, 0.25) is 0 Å². The number of amides is 1. The molecule has 0 heterocycles. The van der Waals surface area contributed by atoms with Crippen molar-refractivity contribution in [3.8, 4) is 0 Å². The topological polar surface area (TPSA) is 55.1 Å². The number of nitrogens with one attached hydrogen (secondary N) is 1. The first kappa shape index (κ1) is 13.5. The summed E-state index contributed by atoms with van der Waals surface area (Å²) in [6.45, 7) is 8.61. The zero-order chi connectivity index (χ0) is 12.3. The molecule has 2 unspecified atom stereocenters. The number of nitrogens with two attached hydrogens (primary N) is 1. The fourth-order valence-electron chi connectivity index (χ4n) is 2.37. The van der Waals surface area contributed by atoms with Gasteiger partial charge in [0.2, 0.25) is 5.91 Å². The third-order valence-corrected chi connectivity index (χ3v) is 3.87. The lowest BCUT2D eigenvalue weighted by Gasteiger charge is -2.22. The molecule has 3 heteroatoms. The van der Waals surface area contributed by atoms with E-state index in [9.17, 15) is 4.79 Å². The summed E-state index contributed by atoms with van der Waals surface area (Å²) in [4.78, 5) is 11.9. The van der Waals surface area contributed by atoms with Crippen molar-refractivity contribution in [3.63, 3.8) is 0 Å². The fraction of sp³-hybridized carbons (Fsp3) is 0.923. The molecule has 1 fully saturated rings. The van der Waals surface area contributed by atoms with Crippen molar-refractivity contribution in [3.05, 3.63) is 0 Å². The lowest BCUT2D eigenvalue weighted by molar-refractivity contribution is -0.124. The molecule has 3 nitrogen and oxygen atoms in total. The van der Waals surface area contributed by atoms with Crippen LogP contribution >= 0.6 is 0 Å². The van der Waals surface area contributed by atoms with Gasteiger partial charge in [0, 0.05) is 6.04 Å². The quantitative estimate of drug-likeness (QED) is 0.771. The highest BCUT2D eigenvalue weighted by atomic mass is 16.2. The molecule has 3 N–H and O–H groups in total. The van der Waals surface area contributed by atoms with Gasteiger partial charge in [-0.25, -0.2) is 0 Å². The molecule has 0 spiro atoms. The molecule has 1 saturated carbocycles. The van der Waals surface area contributed by atoms with Crippen LogP contribution in [0.4, 0.5) is 0 Å². The Morgan fingerprint density at radius 3 is 2.62 bits per heavy atom. The largest absolute Gasteiger partial charge is 0.352 e. The van der Waals surface area contributed by atoms with Gasteiger partial charge in [-0.1, -0.05) is 34.1 Å². The molecule has 3 atom stereocenters. The highest BCUT2D eigenvalue weighted by molar-refractivity contribution is 5.82. The Hall–Kier alpha value is -0.570. The molecule has 16 heavy (non-hydrogen) atoms. The highest BCUT2D eigenvalue weighted by Gasteiger charge is 2.32. The van der Waals surface area contributed by atoms with Gasteiger partial charge in [0.25, 0.3) is 0 Å². The zero-order valence-electron chi connectivity index (χ0n) is 11.0. The minimum Gasteiger partial charge on any atom is -0.352 e. The molecule has 0 aromatic heterocycles. The van der Waals surface area contributed by atoms with E-state index in [2.05, 4.69) is 26.1 Å². The van der Waals surface area contributed by atoms with Crippen molar-refractivity contribution >= 4 is 5.91 Å². The van der Waals surface area contributed by atoms with E-state index < -0.39 is 0 Å². The van der Waals surface area contributed by atoms with Gasteiger partial charge in [0.1, 0.15) is 0 Å². The number of carbonyl (C=O) groups excluding carboxylic acids is 1. The molecular weight excluding hydrogens is 200 g/mol. The van der Waals surface area contributed by atoms with Gasteiger partial charge >= 0.3 is 0 Å². The van der Waals surface area contributed by atoms with Crippen LogP contribution in [0.1, 0.15) is 53.4 Å². The molecule has 0 aromatic carbocycles. The first-order valence-electron chi connectivity index (χ1n) is 6.41. The summed E-state index contributed by atoms with van der Waals surface area (Å²) in [6, 6.07) is -0.0219. The van der Waals surface area contributed by atoms with Crippen molar-refractivity contribution < 1.29 is 4.79 Å². The zero-order valence-corrected chi connectivity index (χ0v) is 11.0. The van der Waals surface area contributed by atoms with Gasteiger partial charge in [-0.3, -0.25) is 4.79 Å². The second-order valence-electron chi connectivity index (χ2n) is 6.02. The molecule has 1 amide bonds. The molecule has 0 aliphatic heterocycles. The Morgan fingerprint density at radius 1 is 1.56 bits per heavy atom. The van der Waals surface area contributed by atoms with Gasteiger partial charge < -0.3 is 11.1 Å². The van der Waals surface area contributed by atoms with Gasteiger partial charge in [0.05, 0.1) is 6.04 Å². The molecule has 0 saturated heterocycles. The van der Waals surface area contributed by atoms with Crippen LogP contribution in [0, 0.1) is 11.3 Å².